The van der Waals surface area contributed by atoms with Gasteiger partial charge in [-0.3, -0.25) is 4.98 Å². The highest BCUT2D eigenvalue weighted by Crippen LogP contribution is 2.25. The van der Waals surface area contributed by atoms with E-state index in [1.807, 2.05) is 18.2 Å². The maximum Gasteiger partial charge on any atom is 0.149 e. The SMILES string of the molecule is CC(C)c1ccc(F)c2ncccc12. The van der Waals surface area contributed by atoms with E-state index in [1.54, 1.807) is 6.20 Å². The maximum absolute atomic E-state index is 13.4. The summed E-state index contributed by atoms with van der Waals surface area (Å²) in [6, 6.07) is 7.09. The van der Waals surface area contributed by atoms with Crippen molar-refractivity contribution in [2.75, 3.05) is 0 Å². The number of aromatic nitrogens is 1. The van der Waals surface area contributed by atoms with E-state index < -0.39 is 0 Å². The Balaban J connectivity index is 2.82. The molecule has 0 saturated heterocycles. The first kappa shape index (κ1) is 9.13. The molecule has 0 unspecified atom stereocenters. The summed E-state index contributed by atoms with van der Waals surface area (Å²) >= 11 is 0. The fourth-order valence-corrected chi connectivity index (χ4v) is 1.66. The minimum absolute atomic E-state index is 0.245. The second-order valence-electron chi connectivity index (χ2n) is 3.69. The summed E-state index contributed by atoms with van der Waals surface area (Å²) in [6.45, 7) is 4.19. The molecular weight excluding hydrogens is 177 g/mol. The van der Waals surface area contributed by atoms with Crippen LogP contribution in [0.25, 0.3) is 10.9 Å². The first-order valence-corrected chi connectivity index (χ1v) is 4.73. The van der Waals surface area contributed by atoms with E-state index in [4.69, 9.17) is 0 Å². The van der Waals surface area contributed by atoms with Crippen molar-refractivity contribution in [2.45, 2.75) is 19.8 Å². The normalized spacial score (nSPS) is 11.1. The van der Waals surface area contributed by atoms with Gasteiger partial charge in [-0.1, -0.05) is 26.0 Å². The largest absolute Gasteiger partial charge is 0.253 e. The molecule has 0 saturated carbocycles. The number of pyridine rings is 1. The van der Waals surface area contributed by atoms with Gasteiger partial charge in [-0.2, -0.15) is 0 Å². The van der Waals surface area contributed by atoms with Crippen molar-refractivity contribution in [3.63, 3.8) is 0 Å². The Hall–Kier alpha value is -1.44. The molecule has 0 radical (unpaired) electrons. The molecule has 1 nitrogen and oxygen atoms in total. The highest BCUT2D eigenvalue weighted by molar-refractivity contribution is 5.83. The number of halogens is 1. The molecule has 2 aromatic rings. The average Bonchev–Trinajstić information content (AvgIpc) is 2.18. The van der Waals surface area contributed by atoms with Crippen LogP contribution in [0.15, 0.2) is 30.5 Å². The molecular formula is C12H12FN. The third-order valence-corrected chi connectivity index (χ3v) is 2.38. The minimum atomic E-state index is -0.245. The minimum Gasteiger partial charge on any atom is -0.253 e. The van der Waals surface area contributed by atoms with Gasteiger partial charge >= 0.3 is 0 Å². The molecule has 0 amide bonds. The molecule has 1 aromatic carbocycles. The van der Waals surface area contributed by atoms with Crippen molar-refractivity contribution in [1.82, 2.24) is 4.98 Å². The molecule has 0 N–H and O–H groups in total. The van der Waals surface area contributed by atoms with Crippen molar-refractivity contribution in [3.05, 3.63) is 41.8 Å². The van der Waals surface area contributed by atoms with Crippen LogP contribution in [-0.4, -0.2) is 4.98 Å². The summed E-state index contributed by atoms with van der Waals surface area (Å²) in [5.41, 5.74) is 1.62. The Morgan fingerprint density at radius 2 is 2.00 bits per heavy atom. The Bertz CT molecular complexity index is 463. The maximum atomic E-state index is 13.4. The van der Waals surface area contributed by atoms with E-state index in [9.17, 15) is 4.39 Å². The number of hydrogen-bond donors (Lipinski definition) is 0. The van der Waals surface area contributed by atoms with Crippen LogP contribution >= 0.6 is 0 Å². The third kappa shape index (κ3) is 1.37. The number of rotatable bonds is 1. The van der Waals surface area contributed by atoms with Gasteiger partial charge in [0.15, 0.2) is 0 Å². The fourth-order valence-electron chi connectivity index (χ4n) is 1.66. The molecule has 0 aliphatic carbocycles. The van der Waals surface area contributed by atoms with Gasteiger partial charge in [0.05, 0.1) is 0 Å². The zero-order chi connectivity index (χ0) is 10.1. The molecule has 72 valence electrons. The first-order valence-electron chi connectivity index (χ1n) is 4.73. The van der Waals surface area contributed by atoms with Gasteiger partial charge in [0.25, 0.3) is 0 Å². The van der Waals surface area contributed by atoms with Crippen LogP contribution in [0.2, 0.25) is 0 Å². The van der Waals surface area contributed by atoms with Crippen LogP contribution < -0.4 is 0 Å². The van der Waals surface area contributed by atoms with E-state index >= 15 is 0 Å². The van der Waals surface area contributed by atoms with Gasteiger partial charge in [0, 0.05) is 11.6 Å². The number of nitrogens with zero attached hydrogens (tertiary/aromatic N) is 1. The van der Waals surface area contributed by atoms with Gasteiger partial charge in [-0.25, -0.2) is 4.39 Å². The summed E-state index contributed by atoms with van der Waals surface area (Å²) in [6.07, 6.45) is 1.62. The Kier molecular flexibility index (Phi) is 2.20. The van der Waals surface area contributed by atoms with Crippen LogP contribution in [0.1, 0.15) is 25.3 Å². The predicted molar refractivity (Wildman–Crippen MR) is 55.8 cm³/mol. The summed E-state index contributed by atoms with van der Waals surface area (Å²) in [4.78, 5) is 4.05. The smallest absolute Gasteiger partial charge is 0.149 e. The summed E-state index contributed by atoms with van der Waals surface area (Å²) in [7, 11) is 0. The first-order chi connectivity index (χ1) is 6.70. The molecule has 0 fully saturated rings. The predicted octanol–water partition coefficient (Wildman–Crippen LogP) is 3.50. The van der Waals surface area contributed by atoms with E-state index in [0.29, 0.717) is 11.4 Å². The molecule has 1 aromatic heterocycles. The average molecular weight is 189 g/mol. The second kappa shape index (κ2) is 3.37. The summed E-state index contributed by atoms with van der Waals surface area (Å²) in [5.74, 6) is 0.146. The Morgan fingerprint density at radius 1 is 1.21 bits per heavy atom. The number of fused-ring (bicyclic) bond motifs is 1. The lowest BCUT2D eigenvalue weighted by Gasteiger charge is -2.09. The Labute approximate surface area is 82.6 Å². The highest BCUT2D eigenvalue weighted by Gasteiger charge is 2.08. The zero-order valence-electron chi connectivity index (χ0n) is 8.29. The van der Waals surface area contributed by atoms with Crippen molar-refractivity contribution < 1.29 is 4.39 Å². The van der Waals surface area contributed by atoms with Gasteiger partial charge < -0.3 is 0 Å². The van der Waals surface area contributed by atoms with Gasteiger partial charge in [0.1, 0.15) is 11.3 Å². The molecule has 2 rings (SSSR count). The molecule has 0 aliphatic heterocycles. The molecule has 0 atom stereocenters. The van der Waals surface area contributed by atoms with Gasteiger partial charge in [0.2, 0.25) is 0 Å². The lowest BCUT2D eigenvalue weighted by Crippen LogP contribution is -1.92. The summed E-state index contributed by atoms with van der Waals surface area (Å²) in [5, 5.41) is 0.919. The van der Waals surface area contributed by atoms with Crippen LogP contribution in [0, 0.1) is 5.82 Å². The van der Waals surface area contributed by atoms with Gasteiger partial charge in [-0.05, 0) is 23.6 Å². The zero-order valence-corrected chi connectivity index (χ0v) is 8.29. The van der Waals surface area contributed by atoms with Crippen LogP contribution in [-0.2, 0) is 0 Å². The highest BCUT2D eigenvalue weighted by atomic mass is 19.1. The quantitative estimate of drug-likeness (QED) is 0.669. The van der Waals surface area contributed by atoms with E-state index in [0.717, 1.165) is 10.9 Å². The van der Waals surface area contributed by atoms with Crippen molar-refractivity contribution in [3.8, 4) is 0 Å². The van der Waals surface area contributed by atoms with Crippen molar-refractivity contribution >= 4 is 10.9 Å². The molecule has 1 heterocycles. The molecule has 14 heavy (non-hydrogen) atoms. The molecule has 0 bridgehead atoms. The molecule has 0 aliphatic rings. The van der Waals surface area contributed by atoms with E-state index in [-0.39, 0.29) is 5.82 Å². The lowest BCUT2D eigenvalue weighted by atomic mass is 9.98. The molecule has 2 heteroatoms. The molecule has 0 spiro atoms. The third-order valence-electron chi connectivity index (χ3n) is 2.38. The van der Waals surface area contributed by atoms with Crippen LogP contribution in [0.5, 0.6) is 0 Å². The standard InChI is InChI=1S/C12H12FN/c1-8(2)9-5-6-11(13)12-10(9)4-3-7-14-12/h3-8H,1-2H3. The van der Waals surface area contributed by atoms with Crippen molar-refractivity contribution in [1.29, 1.82) is 0 Å². The van der Waals surface area contributed by atoms with Crippen molar-refractivity contribution in [2.24, 2.45) is 0 Å². The van der Waals surface area contributed by atoms with Gasteiger partial charge in [-0.15, -0.1) is 0 Å². The number of hydrogen-bond acceptors (Lipinski definition) is 1. The number of benzene rings is 1. The topological polar surface area (TPSA) is 12.9 Å². The van der Waals surface area contributed by atoms with E-state index in [1.165, 1.54) is 6.07 Å². The Morgan fingerprint density at radius 3 is 2.71 bits per heavy atom. The summed E-state index contributed by atoms with van der Waals surface area (Å²) < 4.78 is 13.4. The van der Waals surface area contributed by atoms with Crippen LogP contribution in [0.4, 0.5) is 4.39 Å². The lowest BCUT2D eigenvalue weighted by molar-refractivity contribution is 0.636. The van der Waals surface area contributed by atoms with E-state index in [2.05, 4.69) is 18.8 Å². The monoisotopic (exact) mass is 189 g/mol. The van der Waals surface area contributed by atoms with Crippen LogP contribution in [0.3, 0.4) is 0 Å². The second-order valence-corrected chi connectivity index (χ2v) is 3.69. The fraction of sp³-hybridized carbons (Fsp3) is 0.250.